The van der Waals surface area contributed by atoms with Crippen molar-refractivity contribution < 1.29 is 17.6 Å². The number of sulfonamides is 1. The van der Waals surface area contributed by atoms with Crippen LogP contribution in [-0.4, -0.2) is 62.6 Å². The molecule has 2 saturated heterocycles. The van der Waals surface area contributed by atoms with Crippen LogP contribution in [0.15, 0.2) is 27.9 Å². The molecule has 0 amide bonds. The maximum absolute atomic E-state index is 12.5. The second-order valence-electron chi connectivity index (χ2n) is 5.29. The highest BCUT2D eigenvalue weighted by Crippen LogP contribution is 2.29. The van der Waals surface area contributed by atoms with Crippen LogP contribution >= 0.6 is 0 Å². The quantitative estimate of drug-likeness (QED) is 0.825. The fraction of sp³-hybridized carbons (Fsp3) is 0.692. The molecule has 1 aromatic rings. The van der Waals surface area contributed by atoms with Gasteiger partial charge in [-0.15, -0.1) is 0 Å². The SMILES string of the molecule is C[C@@H]1[C@H](N2CCOCC2)CCN1S(=O)(=O)c1ccco1. The van der Waals surface area contributed by atoms with Crippen LogP contribution in [0.4, 0.5) is 0 Å². The van der Waals surface area contributed by atoms with E-state index in [0.29, 0.717) is 6.54 Å². The highest BCUT2D eigenvalue weighted by atomic mass is 32.2. The van der Waals surface area contributed by atoms with Gasteiger partial charge in [-0.25, -0.2) is 8.42 Å². The van der Waals surface area contributed by atoms with E-state index in [1.165, 1.54) is 12.3 Å². The first kappa shape index (κ1) is 14.1. The number of rotatable bonds is 3. The van der Waals surface area contributed by atoms with Crippen LogP contribution in [0.25, 0.3) is 0 Å². The van der Waals surface area contributed by atoms with Crippen LogP contribution < -0.4 is 0 Å². The molecule has 2 fully saturated rings. The van der Waals surface area contributed by atoms with E-state index in [0.717, 1.165) is 32.7 Å². The monoisotopic (exact) mass is 300 g/mol. The fourth-order valence-electron chi connectivity index (χ4n) is 3.16. The summed E-state index contributed by atoms with van der Waals surface area (Å²) in [5, 5.41) is 0.0342. The van der Waals surface area contributed by atoms with Gasteiger partial charge in [0.25, 0.3) is 10.0 Å². The lowest BCUT2D eigenvalue weighted by atomic mass is 10.1. The normalized spacial score (nSPS) is 29.9. The molecule has 20 heavy (non-hydrogen) atoms. The summed E-state index contributed by atoms with van der Waals surface area (Å²) in [6.45, 7) is 5.75. The van der Waals surface area contributed by atoms with Crippen molar-refractivity contribution in [3.05, 3.63) is 18.4 Å². The van der Waals surface area contributed by atoms with Crippen molar-refractivity contribution in [3.8, 4) is 0 Å². The Morgan fingerprint density at radius 1 is 1.25 bits per heavy atom. The maximum Gasteiger partial charge on any atom is 0.276 e. The molecule has 0 unspecified atom stereocenters. The molecule has 0 spiro atoms. The number of hydrogen-bond acceptors (Lipinski definition) is 5. The van der Waals surface area contributed by atoms with Gasteiger partial charge in [0.15, 0.2) is 0 Å². The third kappa shape index (κ3) is 2.39. The van der Waals surface area contributed by atoms with Crippen LogP contribution in [0.1, 0.15) is 13.3 Å². The minimum Gasteiger partial charge on any atom is -0.452 e. The number of furan rings is 1. The Hall–Kier alpha value is -0.890. The first-order valence-corrected chi connectivity index (χ1v) is 8.42. The van der Waals surface area contributed by atoms with Crippen molar-refractivity contribution in [3.63, 3.8) is 0 Å². The molecule has 2 aliphatic heterocycles. The zero-order chi connectivity index (χ0) is 14.2. The lowest BCUT2D eigenvalue weighted by molar-refractivity contribution is 0.0130. The summed E-state index contributed by atoms with van der Waals surface area (Å²) < 4.78 is 37.0. The Bertz CT molecular complexity index is 537. The Kier molecular flexibility index (Phi) is 3.85. The number of morpholine rings is 1. The van der Waals surface area contributed by atoms with Gasteiger partial charge in [-0.1, -0.05) is 0 Å². The zero-order valence-corrected chi connectivity index (χ0v) is 12.4. The first-order chi connectivity index (χ1) is 9.60. The molecule has 112 valence electrons. The molecular weight excluding hydrogens is 280 g/mol. The molecule has 3 heterocycles. The van der Waals surface area contributed by atoms with Gasteiger partial charge >= 0.3 is 0 Å². The molecule has 1 aromatic heterocycles. The van der Waals surface area contributed by atoms with Gasteiger partial charge in [0, 0.05) is 31.7 Å². The summed E-state index contributed by atoms with van der Waals surface area (Å²) in [4.78, 5) is 2.34. The van der Waals surface area contributed by atoms with Gasteiger partial charge < -0.3 is 9.15 Å². The summed E-state index contributed by atoms with van der Waals surface area (Å²) in [7, 11) is -3.51. The molecule has 2 aliphatic rings. The summed E-state index contributed by atoms with van der Waals surface area (Å²) in [6, 6.07) is 3.34. The minimum absolute atomic E-state index is 0.0342. The van der Waals surface area contributed by atoms with E-state index >= 15 is 0 Å². The van der Waals surface area contributed by atoms with E-state index in [-0.39, 0.29) is 17.2 Å². The lowest BCUT2D eigenvalue weighted by Crippen LogP contribution is -2.49. The second kappa shape index (κ2) is 5.48. The van der Waals surface area contributed by atoms with E-state index in [2.05, 4.69) is 4.90 Å². The van der Waals surface area contributed by atoms with Crippen molar-refractivity contribution in [1.29, 1.82) is 0 Å². The van der Waals surface area contributed by atoms with Crippen LogP contribution in [-0.2, 0) is 14.8 Å². The fourth-order valence-corrected chi connectivity index (χ4v) is 4.74. The molecule has 0 N–H and O–H groups in total. The first-order valence-electron chi connectivity index (χ1n) is 6.98. The average Bonchev–Trinajstić information content (AvgIpc) is 3.09. The highest BCUT2D eigenvalue weighted by molar-refractivity contribution is 7.89. The van der Waals surface area contributed by atoms with E-state index < -0.39 is 10.0 Å². The lowest BCUT2D eigenvalue weighted by Gasteiger charge is -2.35. The van der Waals surface area contributed by atoms with Crippen LogP contribution in [0.5, 0.6) is 0 Å². The molecule has 0 bridgehead atoms. The zero-order valence-electron chi connectivity index (χ0n) is 11.6. The predicted molar refractivity (Wildman–Crippen MR) is 72.9 cm³/mol. The Labute approximate surface area is 119 Å². The molecule has 0 radical (unpaired) electrons. The molecule has 3 rings (SSSR count). The van der Waals surface area contributed by atoms with Crippen molar-refractivity contribution in [2.45, 2.75) is 30.5 Å². The van der Waals surface area contributed by atoms with Gasteiger partial charge in [-0.05, 0) is 25.5 Å². The molecule has 6 nitrogen and oxygen atoms in total. The van der Waals surface area contributed by atoms with Gasteiger partial charge in [0.1, 0.15) is 0 Å². The van der Waals surface area contributed by atoms with Crippen molar-refractivity contribution >= 4 is 10.0 Å². The van der Waals surface area contributed by atoms with E-state index in [1.54, 1.807) is 10.4 Å². The third-order valence-electron chi connectivity index (χ3n) is 4.23. The minimum atomic E-state index is -3.51. The van der Waals surface area contributed by atoms with E-state index in [1.807, 2.05) is 6.92 Å². The van der Waals surface area contributed by atoms with Crippen molar-refractivity contribution in [1.82, 2.24) is 9.21 Å². The topological polar surface area (TPSA) is 63.0 Å². The maximum atomic E-state index is 12.5. The van der Waals surface area contributed by atoms with Gasteiger partial charge in [0.05, 0.1) is 19.5 Å². The Balaban J connectivity index is 1.77. The smallest absolute Gasteiger partial charge is 0.276 e. The molecule has 0 aromatic carbocycles. The van der Waals surface area contributed by atoms with Gasteiger partial charge in [-0.2, -0.15) is 4.31 Å². The van der Waals surface area contributed by atoms with E-state index in [4.69, 9.17) is 9.15 Å². The summed E-state index contributed by atoms with van der Waals surface area (Å²) in [6.07, 6.45) is 2.26. The highest BCUT2D eigenvalue weighted by Gasteiger charge is 2.42. The van der Waals surface area contributed by atoms with Gasteiger partial charge in [0.2, 0.25) is 5.09 Å². The standard InChI is InChI=1S/C13H20N2O4S/c1-11-12(14-6-9-18-10-7-14)4-5-15(11)20(16,17)13-3-2-8-19-13/h2-3,8,11-12H,4-7,9-10H2,1H3/t11-,12-/m1/s1. The largest absolute Gasteiger partial charge is 0.452 e. The van der Waals surface area contributed by atoms with Crippen LogP contribution in [0.3, 0.4) is 0 Å². The predicted octanol–water partition coefficient (Wildman–Crippen LogP) is 0.763. The molecule has 2 atom stereocenters. The summed E-state index contributed by atoms with van der Waals surface area (Å²) >= 11 is 0. The summed E-state index contributed by atoms with van der Waals surface area (Å²) in [5.41, 5.74) is 0. The number of hydrogen-bond donors (Lipinski definition) is 0. The third-order valence-corrected chi connectivity index (χ3v) is 6.10. The van der Waals surface area contributed by atoms with Gasteiger partial charge in [-0.3, -0.25) is 4.90 Å². The van der Waals surface area contributed by atoms with Crippen molar-refractivity contribution in [2.75, 3.05) is 32.8 Å². The van der Waals surface area contributed by atoms with Crippen LogP contribution in [0.2, 0.25) is 0 Å². The average molecular weight is 300 g/mol. The second-order valence-corrected chi connectivity index (χ2v) is 7.11. The Morgan fingerprint density at radius 3 is 2.65 bits per heavy atom. The molecule has 0 aliphatic carbocycles. The Morgan fingerprint density at radius 2 is 2.00 bits per heavy atom. The van der Waals surface area contributed by atoms with E-state index in [9.17, 15) is 8.42 Å². The molecule has 0 saturated carbocycles. The number of ether oxygens (including phenoxy) is 1. The van der Waals surface area contributed by atoms with Crippen LogP contribution in [0, 0.1) is 0 Å². The number of nitrogens with zero attached hydrogens (tertiary/aromatic N) is 2. The molecule has 7 heteroatoms. The molecular formula is C13H20N2O4S. The van der Waals surface area contributed by atoms with Crippen molar-refractivity contribution in [2.24, 2.45) is 0 Å². The summed E-state index contributed by atoms with van der Waals surface area (Å²) in [5.74, 6) is 0.